The van der Waals surface area contributed by atoms with Gasteiger partial charge in [0.25, 0.3) is 0 Å². The van der Waals surface area contributed by atoms with Gasteiger partial charge < -0.3 is 14.6 Å². The first-order chi connectivity index (χ1) is 12.3. The Labute approximate surface area is 147 Å². The maximum atomic E-state index is 9.82. The van der Waals surface area contributed by atoms with Gasteiger partial charge in [-0.2, -0.15) is 8.75 Å². The van der Waals surface area contributed by atoms with Gasteiger partial charge in [-0.15, -0.1) is 0 Å². The summed E-state index contributed by atoms with van der Waals surface area (Å²) in [6, 6.07) is 19.9. The van der Waals surface area contributed by atoms with E-state index >= 15 is 0 Å². The van der Waals surface area contributed by atoms with Gasteiger partial charge in [0.1, 0.15) is 11.0 Å². The molecule has 0 radical (unpaired) electrons. The van der Waals surface area contributed by atoms with Crippen molar-refractivity contribution < 1.29 is 10.0 Å². The highest BCUT2D eigenvalue weighted by Crippen LogP contribution is 2.35. The summed E-state index contributed by atoms with van der Waals surface area (Å²) in [5.41, 5.74) is 4.56. The Morgan fingerprint density at radius 2 is 1.56 bits per heavy atom. The Morgan fingerprint density at radius 3 is 2.36 bits per heavy atom. The second-order valence-corrected chi connectivity index (χ2v) is 6.41. The molecular weight excluding hydrogens is 333 g/mol. The first-order valence-corrected chi connectivity index (χ1v) is 8.58. The van der Waals surface area contributed by atoms with E-state index in [9.17, 15) is 10.0 Å². The first kappa shape index (κ1) is 14.6. The van der Waals surface area contributed by atoms with E-state index in [1.54, 1.807) is 6.07 Å². The number of aromatic nitrogens is 3. The van der Waals surface area contributed by atoms with E-state index in [0.29, 0.717) is 16.5 Å². The minimum absolute atomic E-state index is 0.372. The quantitative estimate of drug-likeness (QED) is 0.482. The number of fused-ring (bicyclic) bond motifs is 5. The van der Waals surface area contributed by atoms with Crippen LogP contribution in [0.25, 0.3) is 38.5 Å². The molecule has 0 amide bonds. The average molecular weight is 345 g/mol. The van der Waals surface area contributed by atoms with Gasteiger partial charge in [-0.25, -0.2) is 0 Å². The molecule has 0 spiro atoms. The largest absolute Gasteiger partial charge is 0.490 e. The van der Waals surface area contributed by atoms with Crippen molar-refractivity contribution in [2.45, 2.75) is 0 Å². The summed E-state index contributed by atoms with van der Waals surface area (Å²) in [5.74, 6) is 0. The van der Waals surface area contributed by atoms with E-state index in [-0.39, 0.29) is 0 Å². The zero-order valence-corrected chi connectivity index (χ0v) is 13.8. The van der Waals surface area contributed by atoms with Crippen LogP contribution in [0.5, 0.6) is 0 Å². The molecule has 0 aliphatic rings. The van der Waals surface area contributed by atoms with Crippen LogP contribution in [0.2, 0.25) is 0 Å². The van der Waals surface area contributed by atoms with Gasteiger partial charge in [0.2, 0.25) is 0 Å². The highest BCUT2D eigenvalue weighted by Gasteiger charge is 2.23. The van der Waals surface area contributed by atoms with E-state index in [0.717, 1.165) is 39.2 Å². The number of nitrogens with zero attached hydrogens (tertiary/aromatic N) is 3. The molecule has 2 aromatic heterocycles. The van der Waals surface area contributed by atoms with Crippen LogP contribution in [0.4, 0.5) is 0 Å². The molecule has 0 saturated carbocycles. The Morgan fingerprint density at radius 1 is 0.840 bits per heavy atom. The van der Waals surface area contributed by atoms with Gasteiger partial charge in [-0.3, -0.25) is 0 Å². The standard InChI is InChI=1S/C18H12BN3O2S/c23-19(24)13-10-15-16(18-17(13)20-25-21-18)12-8-4-5-9-14(12)22(15)11-6-2-1-3-7-11/h1-10,23-24H. The molecule has 0 unspecified atom stereocenters. The van der Waals surface area contributed by atoms with Crippen molar-refractivity contribution in [3.05, 3.63) is 60.7 Å². The molecule has 7 heteroatoms. The maximum Gasteiger partial charge on any atom is 0.490 e. The van der Waals surface area contributed by atoms with Crippen LogP contribution in [0.1, 0.15) is 0 Å². The molecule has 0 bridgehead atoms. The summed E-state index contributed by atoms with van der Waals surface area (Å²) < 4.78 is 10.8. The van der Waals surface area contributed by atoms with Gasteiger partial charge in [0, 0.05) is 21.9 Å². The monoisotopic (exact) mass is 345 g/mol. The van der Waals surface area contributed by atoms with Crippen molar-refractivity contribution in [2.75, 3.05) is 0 Å². The molecule has 0 aliphatic carbocycles. The second-order valence-electron chi connectivity index (χ2n) is 5.88. The van der Waals surface area contributed by atoms with Crippen molar-refractivity contribution >= 4 is 57.1 Å². The smallest absolute Gasteiger partial charge is 0.423 e. The topological polar surface area (TPSA) is 71.2 Å². The highest BCUT2D eigenvalue weighted by molar-refractivity contribution is 7.00. The molecular formula is C18H12BN3O2S. The van der Waals surface area contributed by atoms with Crippen LogP contribution in [0, 0.1) is 0 Å². The van der Waals surface area contributed by atoms with Crippen LogP contribution in [-0.4, -0.2) is 30.5 Å². The fourth-order valence-electron chi connectivity index (χ4n) is 3.45. The van der Waals surface area contributed by atoms with Crippen LogP contribution in [0.15, 0.2) is 60.7 Å². The first-order valence-electron chi connectivity index (χ1n) is 7.85. The normalized spacial score (nSPS) is 11.6. The Balaban J connectivity index is 2.07. The van der Waals surface area contributed by atoms with Gasteiger partial charge in [0.05, 0.1) is 22.8 Å². The summed E-state index contributed by atoms with van der Waals surface area (Å²) in [7, 11) is -1.60. The number of hydrogen-bond acceptors (Lipinski definition) is 5. The lowest BCUT2D eigenvalue weighted by Crippen LogP contribution is -2.30. The third kappa shape index (κ3) is 2.04. The van der Waals surface area contributed by atoms with Crippen molar-refractivity contribution in [1.29, 1.82) is 0 Å². The lowest BCUT2D eigenvalue weighted by atomic mass is 9.79. The second kappa shape index (κ2) is 5.39. The fraction of sp³-hybridized carbons (Fsp3) is 0. The molecule has 0 saturated heterocycles. The third-order valence-corrected chi connectivity index (χ3v) is 5.02. The molecule has 5 nitrogen and oxygen atoms in total. The molecule has 25 heavy (non-hydrogen) atoms. The molecule has 120 valence electrons. The predicted octanol–water partition coefficient (Wildman–Crippen LogP) is 2.47. The molecule has 0 aliphatic heterocycles. The molecule has 0 fully saturated rings. The number of hydrogen-bond donors (Lipinski definition) is 2. The molecule has 2 N–H and O–H groups in total. The van der Waals surface area contributed by atoms with Crippen LogP contribution >= 0.6 is 11.7 Å². The van der Waals surface area contributed by atoms with Gasteiger partial charge >= 0.3 is 7.12 Å². The summed E-state index contributed by atoms with van der Waals surface area (Å²) in [4.78, 5) is 0. The van der Waals surface area contributed by atoms with Crippen LogP contribution in [-0.2, 0) is 0 Å². The third-order valence-electron chi connectivity index (χ3n) is 4.49. The Bertz CT molecular complexity index is 1230. The molecule has 3 aromatic carbocycles. The number of rotatable bonds is 2. The van der Waals surface area contributed by atoms with Crippen molar-refractivity contribution in [3.63, 3.8) is 0 Å². The highest BCUT2D eigenvalue weighted by atomic mass is 32.1. The molecule has 2 heterocycles. The van der Waals surface area contributed by atoms with Crippen LogP contribution in [0.3, 0.4) is 0 Å². The Kier molecular flexibility index (Phi) is 3.14. The minimum Gasteiger partial charge on any atom is -0.423 e. The lowest BCUT2D eigenvalue weighted by Gasteiger charge is -2.08. The predicted molar refractivity (Wildman–Crippen MR) is 102 cm³/mol. The summed E-state index contributed by atoms with van der Waals surface area (Å²) in [5, 5.41) is 21.7. The Hall–Kier alpha value is -2.74. The van der Waals surface area contributed by atoms with Crippen molar-refractivity contribution in [3.8, 4) is 5.69 Å². The zero-order valence-electron chi connectivity index (χ0n) is 13.0. The number of benzene rings is 3. The zero-order chi connectivity index (χ0) is 17.0. The van der Waals surface area contributed by atoms with E-state index in [2.05, 4.69) is 25.4 Å². The summed E-state index contributed by atoms with van der Waals surface area (Å²) in [6.07, 6.45) is 0. The van der Waals surface area contributed by atoms with Gasteiger partial charge in [-0.05, 0) is 24.3 Å². The van der Waals surface area contributed by atoms with Crippen molar-refractivity contribution in [1.82, 2.24) is 13.3 Å². The van der Waals surface area contributed by atoms with E-state index in [4.69, 9.17) is 0 Å². The van der Waals surface area contributed by atoms with Gasteiger partial charge in [0.15, 0.2) is 0 Å². The molecule has 5 rings (SSSR count). The lowest BCUT2D eigenvalue weighted by molar-refractivity contribution is 0.426. The van der Waals surface area contributed by atoms with E-state index in [1.807, 2.05) is 42.5 Å². The van der Waals surface area contributed by atoms with Crippen LogP contribution < -0.4 is 5.46 Å². The average Bonchev–Trinajstić information content (AvgIpc) is 3.23. The molecule has 0 atom stereocenters. The van der Waals surface area contributed by atoms with E-state index in [1.165, 1.54) is 0 Å². The van der Waals surface area contributed by atoms with Crippen molar-refractivity contribution in [2.24, 2.45) is 0 Å². The summed E-state index contributed by atoms with van der Waals surface area (Å²) in [6.45, 7) is 0. The minimum atomic E-state index is -1.60. The number of para-hydroxylation sites is 2. The van der Waals surface area contributed by atoms with E-state index < -0.39 is 7.12 Å². The van der Waals surface area contributed by atoms with Gasteiger partial charge in [-0.1, -0.05) is 36.4 Å². The molecule has 5 aromatic rings. The summed E-state index contributed by atoms with van der Waals surface area (Å²) >= 11 is 1.08. The SMILES string of the molecule is OB(O)c1cc2c(c3ccccc3n2-c2ccccc2)c2nsnc12. The maximum absolute atomic E-state index is 9.82. The fourth-order valence-corrected chi connectivity index (χ4v) is 4.03.